The number of fused-ring (bicyclic) bond motifs is 1. The van der Waals surface area contributed by atoms with Crippen molar-refractivity contribution in [3.05, 3.63) is 48.0 Å². The van der Waals surface area contributed by atoms with Crippen molar-refractivity contribution in [2.24, 2.45) is 0 Å². The molecule has 0 spiro atoms. The van der Waals surface area contributed by atoms with Crippen molar-refractivity contribution in [1.29, 1.82) is 0 Å². The van der Waals surface area contributed by atoms with Gasteiger partial charge < -0.3 is 9.47 Å². The number of benzene rings is 2. The van der Waals surface area contributed by atoms with Crippen LogP contribution in [0, 0.1) is 0 Å². The second-order valence-electron chi connectivity index (χ2n) is 6.80. The summed E-state index contributed by atoms with van der Waals surface area (Å²) in [5, 5.41) is 0. The number of ether oxygens (including phenoxy) is 2. The first-order valence-corrected chi connectivity index (χ1v) is 9.62. The molecule has 0 fully saturated rings. The highest BCUT2D eigenvalue weighted by atomic mass is 32.2. The lowest BCUT2D eigenvalue weighted by molar-refractivity contribution is 0.0845. The average Bonchev–Trinajstić information content (AvgIpc) is 2.60. The van der Waals surface area contributed by atoms with E-state index in [4.69, 9.17) is 9.47 Å². The minimum absolute atomic E-state index is 0.215. The molecule has 6 heteroatoms. The molecular weight excluding hydrogens is 338 g/mol. The quantitative estimate of drug-likeness (QED) is 0.834. The predicted molar refractivity (Wildman–Crippen MR) is 98.1 cm³/mol. The number of aryl methyl sites for hydroxylation is 1. The summed E-state index contributed by atoms with van der Waals surface area (Å²) in [6, 6.07) is 12.0. The zero-order chi connectivity index (χ0) is 18.2. The maximum absolute atomic E-state index is 13.0. The number of sulfonamides is 1. The highest BCUT2D eigenvalue weighted by Crippen LogP contribution is 2.35. The van der Waals surface area contributed by atoms with Crippen molar-refractivity contribution in [2.75, 3.05) is 18.5 Å². The van der Waals surface area contributed by atoms with Gasteiger partial charge in [0.05, 0.1) is 17.7 Å². The van der Waals surface area contributed by atoms with E-state index in [2.05, 4.69) is 0 Å². The van der Waals surface area contributed by atoms with E-state index >= 15 is 0 Å². The highest BCUT2D eigenvalue weighted by molar-refractivity contribution is 7.92. The molecule has 0 aromatic heterocycles. The molecule has 0 saturated carbocycles. The molecule has 5 nitrogen and oxygen atoms in total. The number of hydrogen-bond donors (Lipinski definition) is 0. The first-order valence-electron chi connectivity index (χ1n) is 8.18. The normalized spacial score (nSPS) is 15.8. The summed E-state index contributed by atoms with van der Waals surface area (Å²) in [5.41, 5.74) is 1.30. The van der Waals surface area contributed by atoms with Crippen LogP contribution in [-0.2, 0) is 16.4 Å². The average molecular weight is 361 g/mol. The SMILES string of the molecule is COc1ccc(N(C)S(=O)(=O)c2ccc3c(c2)CCC(C)(C)O3)cc1. The molecule has 2 aromatic carbocycles. The van der Waals surface area contributed by atoms with Crippen molar-refractivity contribution in [3.63, 3.8) is 0 Å². The molecule has 0 atom stereocenters. The molecule has 134 valence electrons. The monoisotopic (exact) mass is 361 g/mol. The van der Waals surface area contributed by atoms with E-state index in [9.17, 15) is 8.42 Å². The van der Waals surface area contributed by atoms with Crippen molar-refractivity contribution >= 4 is 15.7 Å². The number of rotatable bonds is 4. The third-order valence-electron chi connectivity index (χ3n) is 4.51. The van der Waals surface area contributed by atoms with Gasteiger partial charge in [0, 0.05) is 7.05 Å². The van der Waals surface area contributed by atoms with Gasteiger partial charge in [-0.25, -0.2) is 8.42 Å². The van der Waals surface area contributed by atoms with Gasteiger partial charge in [0.2, 0.25) is 0 Å². The van der Waals surface area contributed by atoms with Crippen LogP contribution >= 0.6 is 0 Å². The lowest BCUT2D eigenvalue weighted by atomic mass is 9.94. The van der Waals surface area contributed by atoms with Gasteiger partial charge in [0.25, 0.3) is 10.0 Å². The minimum atomic E-state index is -3.64. The minimum Gasteiger partial charge on any atom is -0.497 e. The maximum atomic E-state index is 13.0. The second-order valence-corrected chi connectivity index (χ2v) is 8.77. The molecule has 0 saturated heterocycles. The fraction of sp³-hybridized carbons (Fsp3) is 0.368. The Balaban J connectivity index is 1.91. The van der Waals surface area contributed by atoms with E-state index in [1.54, 1.807) is 56.6 Å². The summed E-state index contributed by atoms with van der Waals surface area (Å²) in [4.78, 5) is 0.271. The van der Waals surface area contributed by atoms with Crippen LogP contribution in [0.25, 0.3) is 0 Å². The Kier molecular flexibility index (Phi) is 4.41. The molecule has 3 rings (SSSR count). The molecule has 0 amide bonds. The molecule has 0 aliphatic carbocycles. The van der Waals surface area contributed by atoms with Crippen LogP contribution in [0.5, 0.6) is 11.5 Å². The maximum Gasteiger partial charge on any atom is 0.264 e. The van der Waals surface area contributed by atoms with Gasteiger partial charge in [-0.15, -0.1) is 0 Å². The van der Waals surface area contributed by atoms with E-state index < -0.39 is 10.0 Å². The van der Waals surface area contributed by atoms with E-state index in [1.165, 1.54) is 4.31 Å². The smallest absolute Gasteiger partial charge is 0.264 e. The molecule has 1 heterocycles. The number of anilines is 1. The zero-order valence-corrected chi connectivity index (χ0v) is 15.8. The Morgan fingerprint density at radius 2 is 1.80 bits per heavy atom. The Labute approximate surface area is 149 Å². The van der Waals surface area contributed by atoms with E-state index in [1.807, 2.05) is 13.8 Å². The van der Waals surface area contributed by atoms with Crippen LogP contribution in [0.2, 0.25) is 0 Å². The van der Waals surface area contributed by atoms with Gasteiger partial charge in [-0.1, -0.05) is 0 Å². The van der Waals surface area contributed by atoms with Crippen LogP contribution in [-0.4, -0.2) is 28.2 Å². The first kappa shape index (κ1) is 17.6. The van der Waals surface area contributed by atoms with E-state index in [-0.39, 0.29) is 10.5 Å². The van der Waals surface area contributed by atoms with Crippen LogP contribution < -0.4 is 13.8 Å². The predicted octanol–water partition coefficient (Wildman–Crippen LogP) is 3.62. The molecule has 25 heavy (non-hydrogen) atoms. The van der Waals surface area contributed by atoms with Crippen LogP contribution in [0.15, 0.2) is 47.4 Å². The molecule has 0 bridgehead atoms. The topological polar surface area (TPSA) is 55.8 Å². The van der Waals surface area contributed by atoms with Gasteiger partial charge in [-0.05, 0) is 74.7 Å². The third-order valence-corrected chi connectivity index (χ3v) is 6.29. The fourth-order valence-electron chi connectivity index (χ4n) is 2.88. The summed E-state index contributed by atoms with van der Waals surface area (Å²) in [6.45, 7) is 4.08. The largest absolute Gasteiger partial charge is 0.497 e. The summed E-state index contributed by atoms with van der Waals surface area (Å²) in [5.74, 6) is 1.45. The zero-order valence-electron chi connectivity index (χ0n) is 14.9. The molecule has 0 unspecified atom stereocenters. The third kappa shape index (κ3) is 3.44. The Morgan fingerprint density at radius 3 is 2.44 bits per heavy atom. The lowest BCUT2D eigenvalue weighted by Crippen LogP contribution is -2.33. The van der Waals surface area contributed by atoms with Gasteiger partial charge in [0.1, 0.15) is 17.1 Å². The molecule has 1 aliphatic rings. The van der Waals surface area contributed by atoms with Crippen LogP contribution in [0.4, 0.5) is 5.69 Å². The van der Waals surface area contributed by atoms with Gasteiger partial charge in [0.15, 0.2) is 0 Å². The van der Waals surface area contributed by atoms with Crippen molar-refractivity contribution in [3.8, 4) is 11.5 Å². The molecule has 1 aliphatic heterocycles. The van der Waals surface area contributed by atoms with Crippen molar-refractivity contribution < 1.29 is 17.9 Å². The van der Waals surface area contributed by atoms with Crippen molar-refractivity contribution in [2.45, 2.75) is 37.2 Å². The van der Waals surface area contributed by atoms with Crippen LogP contribution in [0.1, 0.15) is 25.8 Å². The summed E-state index contributed by atoms with van der Waals surface area (Å²) in [6.07, 6.45) is 1.66. The molecule has 0 radical (unpaired) electrons. The van der Waals surface area contributed by atoms with Gasteiger partial charge >= 0.3 is 0 Å². The molecule has 2 aromatic rings. The van der Waals surface area contributed by atoms with E-state index in [0.717, 1.165) is 24.2 Å². The summed E-state index contributed by atoms with van der Waals surface area (Å²) >= 11 is 0. The Bertz CT molecular complexity index is 873. The van der Waals surface area contributed by atoms with Crippen LogP contribution in [0.3, 0.4) is 0 Å². The highest BCUT2D eigenvalue weighted by Gasteiger charge is 2.29. The Morgan fingerprint density at radius 1 is 1.12 bits per heavy atom. The molecular formula is C19H23NO4S. The van der Waals surface area contributed by atoms with Gasteiger partial charge in [-0.2, -0.15) is 0 Å². The first-order chi connectivity index (χ1) is 11.7. The van der Waals surface area contributed by atoms with Crippen molar-refractivity contribution in [1.82, 2.24) is 0 Å². The number of methoxy groups -OCH3 is 1. The molecule has 0 N–H and O–H groups in total. The summed E-state index contributed by atoms with van der Waals surface area (Å²) in [7, 11) is -0.510. The number of nitrogens with zero attached hydrogens (tertiary/aromatic N) is 1. The standard InChI is InChI=1S/C19H23NO4S/c1-19(2)12-11-14-13-17(9-10-18(14)24-19)25(21,22)20(3)15-5-7-16(23-4)8-6-15/h5-10,13H,11-12H2,1-4H3. The summed E-state index contributed by atoms with van der Waals surface area (Å²) < 4.78 is 38.2. The Hall–Kier alpha value is -2.21. The van der Waals surface area contributed by atoms with E-state index in [0.29, 0.717) is 11.4 Å². The lowest BCUT2D eigenvalue weighted by Gasteiger charge is -2.32. The number of hydrogen-bond acceptors (Lipinski definition) is 4. The fourth-order valence-corrected chi connectivity index (χ4v) is 4.13. The van der Waals surface area contributed by atoms with Gasteiger partial charge in [-0.3, -0.25) is 4.31 Å². The second kappa shape index (κ2) is 6.26.